The fourth-order valence-electron chi connectivity index (χ4n) is 1.93. The standard InChI is InChI=1S/C13H19N5O2S/c1-9-10(8-17-18(9)3)7-16-12-5-4-11(14)6-13(12)21(19,20)15-2/h4-6,8,15-16H,7,14H2,1-3H3. The number of nitrogens with one attached hydrogen (secondary N) is 2. The molecule has 0 aliphatic heterocycles. The van der Waals surface area contributed by atoms with E-state index < -0.39 is 10.0 Å². The maximum Gasteiger partial charge on any atom is 0.242 e. The van der Waals surface area contributed by atoms with Crippen LogP contribution in [0.1, 0.15) is 11.3 Å². The van der Waals surface area contributed by atoms with Crippen LogP contribution in [0.2, 0.25) is 0 Å². The Morgan fingerprint density at radius 2 is 2.10 bits per heavy atom. The van der Waals surface area contributed by atoms with Gasteiger partial charge in [-0.2, -0.15) is 5.10 Å². The van der Waals surface area contributed by atoms with Gasteiger partial charge in [-0.3, -0.25) is 4.68 Å². The monoisotopic (exact) mass is 309 g/mol. The third-order valence-electron chi connectivity index (χ3n) is 3.37. The number of hydrogen-bond donors (Lipinski definition) is 3. The number of sulfonamides is 1. The number of rotatable bonds is 5. The average molecular weight is 309 g/mol. The molecule has 0 unspecified atom stereocenters. The molecule has 7 nitrogen and oxygen atoms in total. The number of aromatic nitrogens is 2. The highest BCUT2D eigenvalue weighted by Gasteiger charge is 2.17. The number of benzene rings is 1. The van der Waals surface area contributed by atoms with Crippen LogP contribution in [0, 0.1) is 6.92 Å². The zero-order valence-electron chi connectivity index (χ0n) is 12.2. The molecule has 0 saturated carbocycles. The van der Waals surface area contributed by atoms with Crippen LogP contribution < -0.4 is 15.8 Å². The van der Waals surface area contributed by atoms with E-state index in [-0.39, 0.29) is 4.90 Å². The summed E-state index contributed by atoms with van der Waals surface area (Å²) in [5.74, 6) is 0. The smallest absolute Gasteiger partial charge is 0.242 e. The summed E-state index contributed by atoms with van der Waals surface area (Å²) in [6, 6.07) is 4.75. The summed E-state index contributed by atoms with van der Waals surface area (Å²) < 4.78 is 28.1. The fraction of sp³-hybridized carbons (Fsp3) is 0.308. The molecular weight excluding hydrogens is 290 g/mol. The molecule has 21 heavy (non-hydrogen) atoms. The normalized spacial score (nSPS) is 11.6. The largest absolute Gasteiger partial charge is 0.399 e. The number of nitrogens with two attached hydrogens (primary N) is 1. The summed E-state index contributed by atoms with van der Waals surface area (Å²) >= 11 is 0. The summed E-state index contributed by atoms with van der Waals surface area (Å²) in [4.78, 5) is 0.131. The van der Waals surface area contributed by atoms with Crippen LogP contribution in [0.5, 0.6) is 0 Å². The third kappa shape index (κ3) is 3.17. The van der Waals surface area contributed by atoms with Crippen molar-refractivity contribution in [3.63, 3.8) is 0 Å². The molecule has 8 heteroatoms. The Kier molecular flexibility index (Phi) is 4.19. The van der Waals surface area contributed by atoms with Gasteiger partial charge in [-0.1, -0.05) is 0 Å². The highest BCUT2D eigenvalue weighted by molar-refractivity contribution is 7.89. The minimum Gasteiger partial charge on any atom is -0.399 e. The van der Waals surface area contributed by atoms with Crippen LogP contribution in [-0.2, 0) is 23.6 Å². The van der Waals surface area contributed by atoms with Gasteiger partial charge in [0.25, 0.3) is 0 Å². The lowest BCUT2D eigenvalue weighted by molar-refractivity contribution is 0.588. The molecule has 0 bridgehead atoms. The molecule has 0 amide bonds. The van der Waals surface area contributed by atoms with E-state index in [1.807, 2.05) is 14.0 Å². The summed E-state index contributed by atoms with van der Waals surface area (Å²) in [5.41, 5.74) is 8.60. The number of nitrogen functional groups attached to an aromatic ring is 1. The molecule has 2 rings (SSSR count). The summed E-state index contributed by atoms with van der Waals surface area (Å²) in [6.07, 6.45) is 1.76. The molecule has 1 aromatic carbocycles. The first-order valence-corrected chi connectivity index (χ1v) is 7.88. The van der Waals surface area contributed by atoms with E-state index >= 15 is 0 Å². The van der Waals surface area contributed by atoms with E-state index in [2.05, 4.69) is 15.1 Å². The van der Waals surface area contributed by atoms with E-state index in [1.54, 1.807) is 23.0 Å². The van der Waals surface area contributed by atoms with E-state index in [9.17, 15) is 8.42 Å². The van der Waals surface area contributed by atoms with Crippen molar-refractivity contribution in [3.05, 3.63) is 35.7 Å². The van der Waals surface area contributed by atoms with Crippen LogP contribution in [0.4, 0.5) is 11.4 Å². The Bertz CT molecular complexity index is 752. The van der Waals surface area contributed by atoms with Crippen molar-refractivity contribution in [2.24, 2.45) is 7.05 Å². The molecular formula is C13H19N5O2S. The maximum absolute atomic E-state index is 12.0. The molecule has 114 valence electrons. The molecule has 0 aliphatic carbocycles. The fourth-order valence-corrected chi connectivity index (χ4v) is 2.87. The quantitative estimate of drug-likeness (QED) is 0.710. The van der Waals surface area contributed by atoms with Gasteiger partial charge >= 0.3 is 0 Å². The van der Waals surface area contributed by atoms with E-state index in [0.29, 0.717) is 17.9 Å². The first-order valence-electron chi connectivity index (χ1n) is 6.39. The SMILES string of the molecule is CNS(=O)(=O)c1cc(N)ccc1NCc1cnn(C)c1C. The van der Waals surface area contributed by atoms with Crippen LogP contribution in [0.25, 0.3) is 0 Å². The van der Waals surface area contributed by atoms with Gasteiger partial charge in [-0.25, -0.2) is 13.1 Å². The van der Waals surface area contributed by atoms with Crippen molar-refractivity contribution in [3.8, 4) is 0 Å². The lowest BCUT2D eigenvalue weighted by Gasteiger charge is -2.12. The Balaban J connectivity index is 2.30. The van der Waals surface area contributed by atoms with Gasteiger partial charge in [-0.15, -0.1) is 0 Å². The second kappa shape index (κ2) is 5.74. The van der Waals surface area contributed by atoms with Crippen molar-refractivity contribution < 1.29 is 8.42 Å². The van der Waals surface area contributed by atoms with Crippen molar-refractivity contribution in [2.75, 3.05) is 18.1 Å². The van der Waals surface area contributed by atoms with Gasteiger partial charge in [0.05, 0.1) is 11.9 Å². The van der Waals surface area contributed by atoms with E-state index in [0.717, 1.165) is 11.3 Å². The minimum absolute atomic E-state index is 0.131. The molecule has 0 spiro atoms. The van der Waals surface area contributed by atoms with Crippen molar-refractivity contribution >= 4 is 21.4 Å². The summed E-state index contributed by atoms with van der Waals surface area (Å²) in [6.45, 7) is 2.44. The second-order valence-electron chi connectivity index (χ2n) is 4.70. The molecule has 0 saturated heterocycles. The van der Waals surface area contributed by atoms with E-state index in [4.69, 9.17) is 5.73 Å². The average Bonchev–Trinajstić information content (AvgIpc) is 2.77. The molecule has 1 aromatic heterocycles. The first kappa shape index (κ1) is 15.3. The molecule has 2 aromatic rings. The molecule has 0 fully saturated rings. The van der Waals surface area contributed by atoms with Gasteiger partial charge in [0, 0.05) is 30.5 Å². The van der Waals surface area contributed by atoms with Crippen LogP contribution in [-0.4, -0.2) is 25.2 Å². The predicted molar refractivity (Wildman–Crippen MR) is 82.4 cm³/mol. The number of hydrogen-bond acceptors (Lipinski definition) is 5. The maximum atomic E-state index is 12.0. The minimum atomic E-state index is -3.57. The van der Waals surface area contributed by atoms with Crippen LogP contribution in [0.15, 0.2) is 29.3 Å². The Morgan fingerprint density at radius 1 is 1.38 bits per heavy atom. The number of anilines is 2. The van der Waals surface area contributed by atoms with Gasteiger partial charge in [-0.05, 0) is 32.2 Å². The predicted octanol–water partition coefficient (Wildman–Crippen LogP) is 0.831. The van der Waals surface area contributed by atoms with Gasteiger partial charge in [0.2, 0.25) is 10.0 Å². The zero-order valence-corrected chi connectivity index (χ0v) is 13.0. The first-order chi connectivity index (χ1) is 9.85. The Labute approximate surface area is 124 Å². The van der Waals surface area contributed by atoms with Gasteiger partial charge in [0.15, 0.2) is 0 Å². The van der Waals surface area contributed by atoms with Gasteiger partial charge < -0.3 is 11.1 Å². The lowest BCUT2D eigenvalue weighted by Crippen LogP contribution is -2.20. The zero-order chi connectivity index (χ0) is 15.6. The highest BCUT2D eigenvalue weighted by Crippen LogP contribution is 2.24. The molecule has 0 aliphatic rings. The van der Waals surface area contributed by atoms with Crippen molar-refractivity contribution in [1.29, 1.82) is 0 Å². The van der Waals surface area contributed by atoms with E-state index in [1.165, 1.54) is 13.1 Å². The highest BCUT2D eigenvalue weighted by atomic mass is 32.2. The van der Waals surface area contributed by atoms with Crippen LogP contribution >= 0.6 is 0 Å². The van der Waals surface area contributed by atoms with Crippen molar-refractivity contribution in [2.45, 2.75) is 18.4 Å². The Morgan fingerprint density at radius 3 is 2.67 bits per heavy atom. The second-order valence-corrected chi connectivity index (χ2v) is 6.55. The summed E-state index contributed by atoms with van der Waals surface area (Å²) in [7, 11) is -0.345. The molecule has 0 radical (unpaired) electrons. The van der Waals surface area contributed by atoms with Gasteiger partial charge in [0.1, 0.15) is 4.90 Å². The molecule has 1 heterocycles. The molecule has 0 atom stereocenters. The topological polar surface area (TPSA) is 102 Å². The molecule has 4 N–H and O–H groups in total. The summed E-state index contributed by atoms with van der Waals surface area (Å²) in [5, 5.41) is 7.28. The van der Waals surface area contributed by atoms with Crippen molar-refractivity contribution in [1.82, 2.24) is 14.5 Å². The van der Waals surface area contributed by atoms with Crippen LogP contribution in [0.3, 0.4) is 0 Å². The third-order valence-corrected chi connectivity index (χ3v) is 4.82. The Hall–Kier alpha value is -2.06. The lowest BCUT2D eigenvalue weighted by atomic mass is 10.2. The number of aryl methyl sites for hydroxylation is 1. The number of nitrogens with zero attached hydrogens (tertiary/aromatic N) is 2.